The number of imidazole rings is 1. The molecule has 1 fully saturated rings. The summed E-state index contributed by atoms with van der Waals surface area (Å²) in [6.07, 6.45) is 8.23. The fraction of sp³-hybridized carbons (Fsp3) is 0.310. The first kappa shape index (κ1) is 23.2. The smallest absolute Gasteiger partial charge is 0.418 e. The van der Waals surface area contributed by atoms with Crippen LogP contribution in [0.3, 0.4) is 0 Å². The van der Waals surface area contributed by atoms with Crippen molar-refractivity contribution in [3.8, 4) is 11.4 Å². The third-order valence-corrected chi connectivity index (χ3v) is 6.76. The number of hydrogen-bond donors (Lipinski definition) is 0. The first-order valence-corrected chi connectivity index (χ1v) is 12.7. The van der Waals surface area contributed by atoms with Gasteiger partial charge in [0.15, 0.2) is 0 Å². The maximum Gasteiger partial charge on any atom is 0.418 e. The van der Waals surface area contributed by atoms with Crippen molar-refractivity contribution in [2.24, 2.45) is 0 Å². The molecule has 0 spiro atoms. The largest absolute Gasteiger partial charge is 0.443 e. The van der Waals surface area contributed by atoms with Crippen LogP contribution in [0.5, 0.6) is 0 Å². The number of likely N-dealkylation sites (tertiary alicyclic amines) is 1. The molecular formula is C29H29N5O3. The monoisotopic (exact) mass is 495 g/mol. The van der Waals surface area contributed by atoms with Crippen LogP contribution in [0.1, 0.15) is 50.4 Å². The van der Waals surface area contributed by atoms with E-state index in [1.54, 1.807) is 12.4 Å². The molecule has 1 aliphatic rings. The van der Waals surface area contributed by atoms with Gasteiger partial charge in [-0.1, -0.05) is 0 Å². The summed E-state index contributed by atoms with van der Waals surface area (Å²) < 4.78 is 9.02. The summed E-state index contributed by atoms with van der Waals surface area (Å²) in [5.74, 6) is 0.771. The molecule has 1 aliphatic heterocycles. The van der Waals surface area contributed by atoms with Crippen molar-refractivity contribution < 1.29 is 14.3 Å². The van der Waals surface area contributed by atoms with Crippen LogP contribution in [-0.4, -0.2) is 54.5 Å². The van der Waals surface area contributed by atoms with E-state index in [9.17, 15) is 9.59 Å². The summed E-state index contributed by atoms with van der Waals surface area (Å²) in [4.78, 5) is 37.3. The molecule has 8 nitrogen and oxygen atoms in total. The number of carbonyl (C=O) groups excluding carboxylic acids is 2. The Morgan fingerprint density at radius 1 is 0.946 bits per heavy atom. The summed E-state index contributed by atoms with van der Waals surface area (Å²) >= 11 is 0. The van der Waals surface area contributed by atoms with Gasteiger partial charge in [-0.3, -0.25) is 13.8 Å². The molecule has 8 heteroatoms. The Morgan fingerprint density at radius 2 is 1.76 bits per heavy atom. The summed E-state index contributed by atoms with van der Waals surface area (Å²) in [6.45, 7) is 7.15. The lowest BCUT2D eigenvalue weighted by Crippen LogP contribution is -2.35. The minimum Gasteiger partial charge on any atom is -0.443 e. The zero-order valence-electron chi connectivity index (χ0n) is 21.3. The molecule has 1 amide bonds. The Bertz CT molecular complexity index is 1670. The minimum absolute atomic E-state index is 0.0538. The van der Waals surface area contributed by atoms with Gasteiger partial charge in [0.2, 0.25) is 0 Å². The van der Waals surface area contributed by atoms with Crippen LogP contribution in [0.2, 0.25) is 0 Å². The van der Waals surface area contributed by atoms with E-state index in [0.717, 1.165) is 64.8 Å². The molecular weight excluding hydrogens is 466 g/mol. The van der Waals surface area contributed by atoms with Crippen LogP contribution < -0.4 is 0 Å². The number of nitrogens with zero attached hydrogens (tertiary/aromatic N) is 5. The van der Waals surface area contributed by atoms with Crippen LogP contribution in [0.15, 0.2) is 61.1 Å². The molecule has 0 unspecified atom stereocenters. The minimum atomic E-state index is -0.579. The zero-order chi connectivity index (χ0) is 25.7. The van der Waals surface area contributed by atoms with Crippen molar-refractivity contribution in [1.82, 2.24) is 23.8 Å². The molecule has 1 saturated heterocycles. The Kier molecular flexibility index (Phi) is 5.47. The summed E-state index contributed by atoms with van der Waals surface area (Å²) in [7, 11) is 0. The van der Waals surface area contributed by atoms with Gasteiger partial charge in [0, 0.05) is 53.6 Å². The lowest BCUT2D eigenvalue weighted by molar-refractivity contribution is 0.0544. The summed E-state index contributed by atoms with van der Waals surface area (Å²) in [6, 6.07) is 13.4. The number of fused-ring (bicyclic) bond motifs is 4. The molecule has 3 aromatic heterocycles. The summed E-state index contributed by atoms with van der Waals surface area (Å²) in [5, 5.41) is 1.79. The van der Waals surface area contributed by atoms with Gasteiger partial charge in [-0.25, -0.2) is 14.8 Å². The second-order valence-electron chi connectivity index (χ2n) is 10.6. The lowest BCUT2D eigenvalue weighted by atomic mass is 10.1. The maximum atomic E-state index is 13.1. The van der Waals surface area contributed by atoms with Crippen LogP contribution >= 0.6 is 0 Å². The predicted octanol–water partition coefficient (Wildman–Crippen LogP) is 5.91. The fourth-order valence-electron chi connectivity index (χ4n) is 5.02. The van der Waals surface area contributed by atoms with E-state index in [4.69, 9.17) is 9.72 Å². The number of piperidine rings is 1. The lowest BCUT2D eigenvalue weighted by Gasteiger charge is -2.26. The highest BCUT2D eigenvalue weighted by Crippen LogP contribution is 2.29. The molecule has 0 radical (unpaired) electrons. The van der Waals surface area contributed by atoms with Gasteiger partial charge in [-0.15, -0.1) is 0 Å². The molecule has 0 bridgehead atoms. The van der Waals surface area contributed by atoms with Gasteiger partial charge < -0.3 is 9.64 Å². The molecule has 4 heterocycles. The highest BCUT2D eigenvalue weighted by Gasteiger charge is 2.21. The van der Waals surface area contributed by atoms with Crippen molar-refractivity contribution in [3.05, 3.63) is 66.6 Å². The SMILES string of the molecule is CC(C)(C)OC(=O)n1ccc2cc(-c3nc4cc(C(=O)N5CCCCC5)ccc4c4nccn34)ccc21. The van der Waals surface area contributed by atoms with Crippen molar-refractivity contribution in [2.45, 2.75) is 45.6 Å². The van der Waals surface area contributed by atoms with E-state index in [1.165, 1.54) is 11.0 Å². The molecule has 2 aromatic carbocycles. The zero-order valence-corrected chi connectivity index (χ0v) is 21.3. The summed E-state index contributed by atoms with van der Waals surface area (Å²) in [5.41, 5.74) is 3.21. The van der Waals surface area contributed by atoms with Crippen LogP contribution in [0, 0.1) is 0 Å². The van der Waals surface area contributed by atoms with Gasteiger partial charge in [0.05, 0.1) is 11.0 Å². The van der Waals surface area contributed by atoms with E-state index >= 15 is 0 Å². The van der Waals surface area contributed by atoms with Crippen molar-refractivity contribution in [3.63, 3.8) is 0 Å². The van der Waals surface area contributed by atoms with Crippen LogP contribution in [0.25, 0.3) is 38.8 Å². The number of aromatic nitrogens is 4. The first-order chi connectivity index (χ1) is 17.8. The molecule has 0 atom stereocenters. The fourth-order valence-corrected chi connectivity index (χ4v) is 5.02. The van der Waals surface area contributed by atoms with E-state index in [2.05, 4.69) is 4.98 Å². The average molecular weight is 496 g/mol. The van der Waals surface area contributed by atoms with E-state index < -0.39 is 11.7 Å². The van der Waals surface area contributed by atoms with E-state index in [-0.39, 0.29) is 5.91 Å². The van der Waals surface area contributed by atoms with Crippen LogP contribution in [-0.2, 0) is 4.74 Å². The molecule has 6 rings (SSSR count). The van der Waals surface area contributed by atoms with Crippen molar-refractivity contribution >= 4 is 39.5 Å². The molecule has 37 heavy (non-hydrogen) atoms. The number of hydrogen-bond acceptors (Lipinski definition) is 5. The highest BCUT2D eigenvalue weighted by atomic mass is 16.6. The number of benzene rings is 2. The average Bonchev–Trinajstić information content (AvgIpc) is 3.54. The van der Waals surface area contributed by atoms with Gasteiger partial charge in [-0.05, 0) is 82.5 Å². The van der Waals surface area contributed by atoms with Gasteiger partial charge in [0.1, 0.15) is 17.1 Å². The third kappa shape index (κ3) is 4.22. The van der Waals surface area contributed by atoms with Crippen molar-refractivity contribution in [2.75, 3.05) is 13.1 Å². The molecule has 0 N–H and O–H groups in total. The third-order valence-electron chi connectivity index (χ3n) is 6.76. The normalized spacial score (nSPS) is 14.5. The van der Waals surface area contributed by atoms with Gasteiger partial charge in [0.25, 0.3) is 5.91 Å². The maximum absolute atomic E-state index is 13.1. The van der Waals surface area contributed by atoms with Crippen LogP contribution in [0.4, 0.5) is 4.79 Å². The number of rotatable bonds is 2. The Morgan fingerprint density at radius 3 is 2.54 bits per heavy atom. The number of amides is 1. The number of carbonyl (C=O) groups is 2. The topological polar surface area (TPSA) is 81.7 Å². The Balaban J connectivity index is 1.42. The Hall–Kier alpha value is -4.20. The van der Waals surface area contributed by atoms with Gasteiger partial charge >= 0.3 is 6.09 Å². The van der Waals surface area contributed by atoms with E-state index in [1.807, 2.05) is 78.7 Å². The highest BCUT2D eigenvalue weighted by molar-refractivity contribution is 6.01. The molecule has 0 saturated carbocycles. The second kappa shape index (κ2) is 8.73. The van der Waals surface area contributed by atoms with Gasteiger partial charge in [-0.2, -0.15) is 0 Å². The second-order valence-corrected chi connectivity index (χ2v) is 10.6. The van der Waals surface area contributed by atoms with Crippen molar-refractivity contribution in [1.29, 1.82) is 0 Å². The standard InChI is InChI=1S/C29H29N5O3/c1-29(2,3)37-28(36)33-15-11-19-17-20(8-10-24(19)33)25-31-23-18-21(27(35)32-13-5-4-6-14-32)7-9-22(23)26-30-12-16-34(25)26/h7-12,15-18H,4-6,13-14H2,1-3H3. The quantitative estimate of drug-likeness (QED) is 0.304. The first-order valence-electron chi connectivity index (χ1n) is 12.7. The Labute approximate surface area is 214 Å². The number of ether oxygens (including phenoxy) is 1. The van der Waals surface area contributed by atoms with E-state index in [0.29, 0.717) is 5.56 Å². The predicted molar refractivity (Wildman–Crippen MR) is 143 cm³/mol. The molecule has 0 aliphatic carbocycles. The molecule has 188 valence electrons. The molecule has 5 aromatic rings.